The van der Waals surface area contributed by atoms with Gasteiger partial charge in [-0.15, -0.1) is 0 Å². The molecule has 2 aromatic heterocycles. The predicted molar refractivity (Wildman–Crippen MR) is 83.8 cm³/mol. The van der Waals surface area contributed by atoms with Crippen LogP contribution in [0.15, 0.2) is 35.4 Å². The highest BCUT2D eigenvalue weighted by molar-refractivity contribution is 7.89. The summed E-state index contributed by atoms with van der Waals surface area (Å²) in [5.74, 6) is 1.73. The number of hydrogen-bond acceptors (Lipinski definition) is 6. The second-order valence-corrected chi connectivity index (χ2v) is 6.34. The van der Waals surface area contributed by atoms with Crippen molar-refractivity contribution in [1.82, 2.24) is 15.0 Å². The van der Waals surface area contributed by atoms with Gasteiger partial charge >= 0.3 is 0 Å². The highest BCUT2D eigenvalue weighted by Gasteiger charge is 2.13. The van der Waals surface area contributed by atoms with Crippen LogP contribution >= 0.6 is 0 Å². The molecule has 0 saturated heterocycles. The van der Waals surface area contributed by atoms with Crippen molar-refractivity contribution in [2.24, 2.45) is 5.14 Å². The summed E-state index contributed by atoms with van der Waals surface area (Å²) in [6, 6.07) is 6.69. The third kappa shape index (κ3) is 2.96. The van der Waals surface area contributed by atoms with Crippen molar-refractivity contribution in [3.05, 3.63) is 30.5 Å². The fourth-order valence-electron chi connectivity index (χ4n) is 2.12. The summed E-state index contributed by atoms with van der Waals surface area (Å²) in [6.45, 7) is 0. The third-order valence-corrected chi connectivity index (χ3v) is 4.15. The average molecular weight is 334 g/mol. The molecule has 3 aromatic rings. The zero-order valence-electron chi connectivity index (χ0n) is 12.4. The minimum Gasteiger partial charge on any atom is -0.497 e. The van der Waals surface area contributed by atoms with E-state index in [1.807, 2.05) is 0 Å². The van der Waals surface area contributed by atoms with Crippen molar-refractivity contribution in [1.29, 1.82) is 0 Å². The number of imidazole rings is 1. The Morgan fingerprint density at radius 3 is 2.30 bits per heavy atom. The maximum absolute atomic E-state index is 11.4. The van der Waals surface area contributed by atoms with Crippen molar-refractivity contribution in [3.8, 4) is 22.9 Å². The van der Waals surface area contributed by atoms with Crippen LogP contribution in [0.1, 0.15) is 0 Å². The number of fused-ring (bicyclic) bond motifs is 1. The first-order chi connectivity index (χ1) is 10.9. The molecule has 0 saturated carbocycles. The number of nitrogens with two attached hydrogens (primary N) is 1. The molecule has 0 fully saturated rings. The number of aromatic nitrogens is 3. The Kier molecular flexibility index (Phi) is 3.66. The number of primary sulfonamides is 1. The molecule has 0 spiro atoms. The molecule has 2 heterocycles. The van der Waals surface area contributed by atoms with Crippen molar-refractivity contribution in [2.45, 2.75) is 4.90 Å². The van der Waals surface area contributed by atoms with Gasteiger partial charge in [0, 0.05) is 17.8 Å². The molecule has 3 N–H and O–H groups in total. The van der Waals surface area contributed by atoms with Crippen LogP contribution in [-0.4, -0.2) is 37.6 Å². The van der Waals surface area contributed by atoms with E-state index in [4.69, 9.17) is 14.6 Å². The number of methoxy groups -OCH3 is 2. The van der Waals surface area contributed by atoms with Gasteiger partial charge in [0.25, 0.3) is 0 Å². The van der Waals surface area contributed by atoms with Gasteiger partial charge in [0.15, 0.2) is 5.65 Å². The molecule has 0 atom stereocenters. The molecule has 0 radical (unpaired) electrons. The molecule has 8 nitrogen and oxygen atoms in total. The van der Waals surface area contributed by atoms with Crippen LogP contribution in [0.4, 0.5) is 0 Å². The minimum absolute atomic E-state index is 0.0802. The Bertz CT molecular complexity index is 959. The number of nitrogens with zero attached hydrogens (tertiary/aromatic N) is 2. The van der Waals surface area contributed by atoms with Crippen LogP contribution in [-0.2, 0) is 10.0 Å². The van der Waals surface area contributed by atoms with Gasteiger partial charge in [-0.1, -0.05) is 0 Å². The summed E-state index contributed by atoms with van der Waals surface area (Å²) in [7, 11) is -0.716. The van der Waals surface area contributed by atoms with Gasteiger partial charge < -0.3 is 14.5 Å². The molecule has 0 aliphatic heterocycles. The number of hydrogen-bond donors (Lipinski definition) is 2. The fraction of sp³-hybridized carbons (Fsp3) is 0.143. The fourth-order valence-corrected chi connectivity index (χ4v) is 2.60. The Morgan fingerprint density at radius 2 is 1.74 bits per heavy atom. The van der Waals surface area contributed by atoms with E-state index in [1.165, 1.54) is 12.3 Å². The van der Waals surface area contributed by atoms with Gasteiger partial charge in [0.05, 0.1) is 19.7 Å². The van der Waals surface area contributed by atoms with Gasteiger partial charge in [0.2, 0.25) is 10.0 Å². The SMILES string of the molecule is COc1cc(OC)cc(-c2nc3ncc(S(N)(=O)=O)cc3[nH]2)c1. The van der Waals surface area contributed by atoms with Crippen LogP contribution in [0.25, 0.3) is 22.6 Å². The second-order valence-electron chi connectivity index (χ2n) is 4.77. The normalized spacial score (nSPS) is 11.6. The maximum Gasteiger partial charge on any atom is 0.239 e. The van der Waals surface area contributed by atoms with Crippen molar-refractivity contribution in [3.63, 3.8) is 0 Å². The first-order valence-corrected chi connectivity index (χ1v) is 8.07. The van der Waals surface area contributed by atoms with Gasteiger partial charge in [-0.3, -0.25) is 0 Å². The van der Waals surface area contributed by atoms with Gasteiger partial charge in [-0.25, -0.2) is 23.5 Å². The minimum atomic E-state index is -3.82. The van der Waals surface area contributed by atoms with E-state index in [-0.39, 0.29) is 4.90 Å². The maximum atomic E-state index is 11.4. The lowest BCUT2D eigenvalue weighted by Gasteiger charge is -2.06. The molecule has 0 aliphatic rings. The molecule has 1 aromatic carbocycles. The van der Waals surface area contributed by atoms with Crippen LogP contribution in [0.3, 0.4) is 0 Å². The highest BCUT2D eigenvalue weighted by Crippen LogP contribution is 2.29. The summed E-state index contributed by atoms with van der Waals surface area (Å²) < 4.78 is 33.2. The summed E-state index contributed by atoms with van der Waals surface area (Å²) >= 11 is 0. The molecule has 3 rings (SSSR count). The third-order valence-electron chi connectivity index (χ3n) is 3.27. The second kappa shape index (κ2) is 5.52. The van der Waals surface area contributed by atoms with E-state index < -0.39 is 10.0 Å². The number of rotatable bonds is 4. The lowest BCUT2D eigenvalue weighted by Crippen LogP contribution is -2.12. The summed E-state index contributed by atoms with van der Waals surface area (Å²) in [5.41, 5.74) is 1.57. The first-order valence-electron chi connectivity index (χ1n) is 6.53. The zero-order valence-corrected chi connectivity index (χ0v) is 13.2. The van der Waals surface area contributed by atoms with Gasteiger partial charge in [-0.05, 0) is 18.2 Å². The number of benzene rings is 1. The molecule has 0 bridgehead atoms. The van der Waals surface area contributed by atoms with Gasteiger partial charge in [0.1, 0.15) is 22.2 Å². The molecule has 9 heteroatoms. The topological polar surface area (TPSA) is 120 Å². The first kappa shape index (κ1) is 15.3. The molecule has 120 valence electrons. The van der Waals surface area contributed by atoms with Crippen LogP contribution in [0.5, 0.6) is 11.5 Å². The van der Waals surface area contributed by atoms with E-state index >= 15 is 0 Å². The van der Waals surface area contributed by atoms with E-state index in [0.29, 0.717) is 28.5 Å². The Balaban J connectivity index is 2.14. The van der Waals surface area contributed by atoms with Crippen LogP contribution in [0.2, 0.25) is 0 Å². The van der Waals surface area contributed by atoms with Gasteiger partial charge in [-0.2, -0.15) is 0 Å². The Morgan fingerprint density at radius 1 is 1.09 bits per heavy atom. The molecule has 0 unspecified atom stereocenters. The number of ether oxygens (including phenoxy) is 2. The summed E-state index contributed by atoms with van der Waals surface area (Å²) in [5, 5.41) is 5.11. The van der Waals surface area contributed by atoms with E-state index in [1.54, 1.807) is 32.4 Å². The Labute approximate surface area is 132 Å². The highest BCUT2D eigenvalue weighted by atomic mass is 32.2. The van der Waals surface area contributed by atoms with Crippen molar-refractivity contribution in [2.75, 3.05) is 14.2 Å². The van der Waals surface area contributed by atoms with Crippen LogP contribution in [0, 0.1) is 0 Å². The molecule has 0 amide bonds. The number of H-pyrrole nitrogens is 1. The monoisotopic (exact) mass is 334 g/mol. The van der Waals surface area contributed by atoms with Crippen molar-refractivity contribution >= 4 is 21.2 Å². The average Bonchev–Trinajstić information content (AvgIpc) is 2.96. The van der Waals surface area contributed by atoms with E-state index in [2.05, 4.69) is 15.0 Å². The lowest BCUT2D eigenvalue weighted by molar-refractivity contribution is 0.394. The standard InChI is InChI=1S/C14H14N4O4S/c1-21-9-3-8(4-10(5-9)22-2)13-17-12-6-11(23(15,19)20)7-16-14(12)18-13/h3-7H,1-2H3,(H2,15,19,20)(H,16,17,18). The quantitative estimate of drug-likeness (QED) is 0.742. The number of aromatic amines is 1. The molecule has 23 heavy (non-hydrogen) atoms. The summed E-state index contributed by atoms with van der Waals surface area (Å²) in [6.07, 6.45) is 1.18. The van der Waals surface area contributed by atoms with E-state index in [9.17, 15) is 8.42 Å². The summed E-state index contributed by atoms with van der Waals surface area (Å²) in [4.78, 5) is 11.3. The smallest absolute Gasteiger partial charge is 0.239 e. The van der Waals surface area contributed by atoms with E-state index in [0.717, 1.165) is 5.56 Å². The molecular weight excluding hydrogens is 320 g/mol. The number of pyridine rings is 1. The van der Waals surface area contributed by atoms with Crippen molar-refractivity contribution < 1.29 is 17.9 Å². The molecular formula is C14H14N4O4S. The number of sulfonamides is 1. The zero-order chi connectivity index (χ0) is 16.6. The number of nitrogens with one attached hydrogen (secondary N) is 1. The molecule has 0 aliphatic carbocycles. The van der Waals surface area contributed by atoms with Crippen LogP contribution < -0.4 is 14.6 Å². The predicted octanol–water partition coefficient (Wildman–Crippen LogP) is 1.29. The lowest BCUT2D eigenvalue weighted by atomic mass is 10.2. The largest absolute Gasteiger partial charge is 0.497 e. The Hall–Kier alpha value is -2.65.